The first-order valence-corrected chi connectivity index (χ1v) is 18.3. The van der Waals surface area contributed by atoms with Crippen LogP contribution in [0.15, 0.2) is 23.8 Å². The third-order valence-corrected chi connectivity index (χ3v) is 17.8. The molecule has 1 heterocycles. The third-order valence-electron chi connectivity index (χ3n) is 8.56. The van der Waals surface area contributed by atoms with Gasteiger partial charge in [-0.25, -0.2) is 0 Å². The van der Waals surface area contributed by atoms with E-state index in [1.54, 1.807) is 0 Å². The van der Waals surface area contributed by atoms with Gasteiger partial charge < -0.3 is 18.3 Å². The lowest BCUT2D eigenvalue weighted by atomic mass is 9.84. The summed E-state index contributed by atoms with van der Waals surface area (Å²) in [6, 6.07) is 3.47. The highest BCUT2D eigenvalue weighted by atomic mass is 28.4. The molecule has 2 aliphatic carbocycles. The first-order chi connectivity index (χ1) is 14.7. The average molecular weight is 481 g/mol. The van der Waals surface area contributed by atoms with Crippen LogP contribution >= 0.6 is 0 Å². The monoisotopic (exact) mass is 480 g/mol. The summed E-state index contributed by atoms with van der Waals surface area (Å²) in [5.74, 6) is -0.606. The fourth-order valence-corrected chi connectivity index (χ4v) is 9.71. The van der Waals surface area contributed by atoms with Crippen LogP contribution in [0, 0.1) is 0 Å². The lowest BCUT2D eigenvalue weighted by Crippen LogP contribution is -2.55. The van der Waals surface area contributed by atoms with Crippen molar-refractivity contribution < 1.29 is 18.3 Å². The van der Waals surface area contributed by atoms with Crippen LogP contribution in [-0.2, 0) is 18.3 Å². The van der Waals surface area contributed by atoms with E-state index in [1.807, 2.05) is 13.8 Å². The molecular weight excluding hydrogens is 432 g/mol. The molecule has 0 amide bonds. The van der Waals surface area contributed by atoms with E-state index >= 15 is 0 Å². The minimum Gasteiger partial charge on any atom is -0.411 e. The molecule has 0 aromatic rings. The van der Waals surface area contributed by atoms with Gasteiger partial charge in [0.2, 0.25) is 0 Å². The minimum absolute atomic E-state index is 0.0496. The number of fused-ring (bicyclic) bond motifs is 2. The van der Waals surface area contributed by atoms with Crippen molar-refractivity contribution in [3.8, 4) is 0 Å². The second-order valence-electron chi connectivity index (χ2n) is 12.1. The van der Waals surface area contributed by atoms with E-state index in [4.69, 9.17) is 18.3 Å². The maximum atomic E-state index is 7.36. The first-order valence-electron chi connectivity index (χ1n) is 12.8. The molecule has 0 bridgehead atoms. The van der Waals surface area contributed by atoms with Crippen LogP contribution in [0.2, 0.25) is 36.3 Å². The van der Waals surface area contributed by atoms with E-state index in [-0.39, 0.29) is 29.0 Å². The normalized spacial score (nSPS) is 33.8. The molecule has 0 aromatic heterocycles. The number of hydrogen-bond donors (Lipinski definition) is 0. The largest absolute Gasteiger partial charge is 0.411 e. The van der Waals surface area contributed by atoms with Crippen LogP contribution in [0.1, 0.15) is 74.7 Å². The number of rotatable bonds is 7. The second kappa shape index (κ2) is 9.08. The van der Waals surface area contributed by atoms with Crippen LogP contribution in [-0.4, -0.2) is 46.3 Å². The molecule has 0 aromatic carbocycles. The zero-order valence-corrected chi connectivity index (χ0v) is 24.3. The van der Waals surface area contributed by atoms with Crippen molar-refractivity contribution in [3.05, 3.63) is 23.8 Å². The molecule has 184 valence electrons. The SMILES string of the molecule is CC[Si](CC)(CC)O[C@]12CCC=C1/C=C\[C@H]1OC(C)(C)O[C@H]1[C@@H](O[Si](C)(C)C(C)(C)C)C2. The molecule has 1 saturated heterocycles. The molecule has 3 aliphatic rings. The fraction of sp³-hybridized carbons (Fsp3) is 0.846. The van der Waals surface area contributed by atoms with Gasteiger partial charge in [0.05, 0.1) is 11.7 Å². The van der Waals surface area contributed by atoms with Gasteiger partial charge in [0, 0.05) is 6.42 Å². The van der Waals surface area contributed by atoms with Crippen molar-refractivity contribution in [1.29, 1.82) is 0 Å². The molecule has 4 nitrogen and oxygen atoms in total. The average Bonchev–Trinajstić information content (AvgIpc) is 3.21. The van der Waals surface area contributed by atoms with Gasteiger partial charge >= 0.3 is 0 Å². The number of hydrogen-bond acceptors (Lipinski definition) is 4. The third kappa shape index (κ3) is 5.06. The Balaban J connectivity index is 2.05. The summed E-state index contributed by atoms with van der Waals surface area (Å²) in [4.78, 5) is 0. The second-order valence-corrected chi connectivity index (χ2v) is 21.5. The van der Waals surface area contributed by atoms with Crippen LogP contribution < -0.4 is 0 Å². The van der Waals surface area contributed by atoms with Crippen LogP contribution in [0.3, 0.4) is 0 Å². The number of ether oxygens (including phenoxy) is 2. The highest BCUT2D eigenvalue weighted by Crippen LogP contribution is 2.49. The smallest absolute Gasteiger partial charge is 0.193 e. The molecular formula is C26H48O4Si2. The molecule has 32 heavy (non-hydrogen) atoms. The summed E-state index contributed by atoms with van der Waals surface area (Å²) < 4.78 is 27.4. The fourth-order valence-electron chi connectivity index (χ4n) is 5.32. The first kappa shape index (κ1) is 26.4. The standard InChI is InChI=1S/C26H48O4Si2/c1-11-32(12-2,13-3)30-26-18-14-15-20(26)16-17-21-23(28-25(7,8)27-21)22(19-26)29-31(9,10)24(4,5)6/h15-17,21-23H,11-14,18-19H2,1-10H3/b17-16-/t21-,22+,23-,26+/m1/s1. The van der Waals surface area contributed by atoms with Gasteiger partial charge in [0.1, 0.15) is 12.2 Å². The molecule has 0 saturated carbocycles. The summed E-state index contributed by atoms with van der Waals surface area (Å²) in [6.07, 6.45) is 9.58. The maximum absolute atomic E-state index is 7.36. The lowest BCUT2D eigenvalue weighted by Gasteiger charge is -2.47. The Morgan fingerprint density at radius 3 is 2.25 bits per heavy atom. The molecule has 0 unspecified atom stereocenters. The zero-order chi connectivity index (χ0) is 24.0. The molecule has 6 heteroatoms. The summed E-state index contributed by atoms with van der Waals surface area (Å²) in [5.41, 5.74) is 1.07. The van der Waals surface area contributed by atoms with E-state index in [0.29, 0.717) is 0 Å². The topological polar surface area (TPSA) is 36.9 Å². The predicted molar refractivity (Wildman–Crippen MR) is 138 cm³/mol. The summed E-state index contributed by atoms with van der Waals surface area (Å²) in [5, 5.41) is 0.132. The molecule has 0 spiro atoms. The Hall–Kier alpha value is -0.246. The van der Waals surface area contributed by atoms with Gasteiger partial charge in [-0.2, -0.15) is 0 Å². The van der Waals surface area contributed by atoms with E-state index in [1.165, 1.54) is 5.57 Å². The number of allylic oxidation sites excluding steroid dienone is 1. The van der Waals surface area contributed by atoms with Crippen molar-refractivity contribution in [2.75, 3.05) is 0 Å². The summed E-state index contributed by atoms with van der Waals surface area (Å²) in [6.45, 7) is 22.6. The van der Waals surface area contributed by atoms with E-state index in [0.717, 1.165) is 37.4 Å². The van der Waals surface area contributed by atoms with Crippen molar-refractivity contribution in [3.63, 3.8) is 0 Å². The molecule has 0 radical (unpaired) electrons. The highest BCUT2D eigenvalue weighted by molar-refractivity contribution is 6.74. The van der Waals surface area contributed by atoms with E-state index in [9.17, 15) is 0 Å². The molecule has 1 aliphatic heterocycles. The molecule has 1 fully saturated rings. The quantitative estimate of drug-likeness (QED) is 0.357. The van der Waals surface area contributed by atoms with Gasteiger partial charge in [0.15, 0.2) is 22.4 Å². The lowest BCUT2D eigenvalue weighted by molar-refractivity contribution is -0.155. The van der Waals surface area contributed by atoms with E-state index in [2.05, 4.69) is 72.9 Å². The molecule has 3 rings (SSSR count). The van der Waals surface area contributed by atoms with Crippen molar-refractivity contribution in [2.45, 2.75) is 141 Å². The molecule has 4 atom stereocenters. The Labute approximate surface area is 199 Å². The highest BCUT2D eigenvalue weighted by Gasteiger charge is 2.54. The summed E-state index contributed by atoms with van der Waals surface area (Å²) in [7, 11) is -3.84. The van der Waals surface area contributed by atoms with Gasteiger partial charge in [-0.1, -0.05) is 59.8 Å². The van der Waals surface area contributed by atoms with E-state index < -0.39 is 22.4 Å². The van der Waals surface area contributed by atoms with Crippen molar-refractivity contribution in [1.82, 2.24) is 0 Å². The van der Waals surface area contributed by atoms with Gasteiger partial charge in [0.25, 0.3) is 0 Å². The van der Waals surface area contributed by atoms with Crippen LogP contribution in [0.5, 0.6) is 0 Å². The van der Waals surface area contributed by atoms with Gasteiger partial charge in [-0.15, -0.1) is 0 Å². The molecule has 0 N–H and O–H groups in total. The Morgan fingerprint density at radius 1 is 1.06 bits per heavy atom. The maximum Gasteiger partial charge on any atom is 0.193 e. The van der Waals surface area contributed by atoms with Crippen LogP contribution in [0.4, 0.5) is 0 Å². The Bertz CT molecular complexity index is 724. The van der Waals surface area contributed by atoms with Crippen molar-refractivity contribution in [2.24, 2.45) is 0 Å². The van der Waals surface area contributed by atoms with Gasteiger partial charge in [-0.05, 0) is 68.5 Å². The predicted octanol–water partition coefficient (Wildman–Crippen LogP) is 7.34. The minimum atomic E-state index is -2.02. The van der Waals surface area contributed by atoms with Crippen molar-refractivity contribution >= 4 is 16.6 Å². The zero-order valence-electron chi connectivity index (χ0n) is 22.3. The van der Waals surface area contributed by atoms with Gasteiger partial charge in [-0.3, -0.25) is 0 Å². The Kier molecular flexibility index (Phi) is 7.48. The van der Waals surface area contributed by atoms with Crippen LogP contribution in [0.25, 0.3) is 0 Å². The summed E-state index contributed by atoms with van der Waals surface area (Å²) >= 11 is 0. The Morgan fingerprint density at radius 2 is 1.69 bits per heavy atom.